The number of hydrogen-bond acceptors (Lipinski definition) is 6. The number of methoxy groups -OCH3 is 2. The summed E-state index contributed by atoms with van der Waals surface area (Å²) in [5.74, 6) is 1.79. The molecule has 28 heavy (non-hydrogen) atoms. The molecule has 0 bridgehead atoms. The van der Waals surface area contributed by atoms with Crippen LogP contribution in [-0.2, 0) is 0 Å². The fourth-order valence-electron chi connectivity index (χ4n) is 2.72. The van der Waals surface area contributed by atoms with Gasteiger partial charge in [-0.1, -0.05) is 31.1 Å². The predicted molar refractivity (Wildman–Crippen MR) is 112 cm³/mol. The molecule has 0 atom stereocenters. The molecule has 3 aromatic rings. The summed E-state index contributed by atoms with van der Waals surface area (Å²) in [7, 11) is 3.17. The van der Waals surface area contributed by atoms with Gasteiger partial charge in [-0.3, -0.25) is 10.1 Å². The number of thiazole rings is 1. The normalized spacial score (nSPS) is 10.7. The van der Waals surface area contributed by atoms with Gasteiger partial charge < -0.3 is 14.2 Å². The Kier molecular flexibility index (Phi) is 6.71. The molecule has 1 heterocycles. The van der Waals surface area contributed by atoms with E-state index in [-0.39, 0.29) is 5.91 Å². The van der Waals surface area contributed by atoms with Crippen molar-refractivity contribution in [2.75, 3.05) is 26.1 Å². The molecule has 148 valence electrons. The van der Waals surface area contributed by atoms with Crippen LogP contribution in [0.25, 0.3) is 10.2 Å². The number of carbonyl (C=O) groups excluding carboxylic acids is 1. The predicted octanol–water partition coefficient (Wildman–Crippen LogP) is 5.13. The van der Waals surface area contributed by atoms with Crippen LogP contribution >= 0.6 is 11.3 Å². The Hall–Kier alpha value is -2.80. The summed E-state index contributed by atoms with van der Waals surface area (Å²) in [6, 6.07) is 10.8. The van der Waals surface area contributed by atoms with Gasteiger partial charge in [0.1, 0.15) is 5.75 Å². The van der Waals surface area contributed by atoms with E-state index >= 15 is 0 Å². The molecule has 0 spiro atoms. The lowest BCUT2D eigenvalue weighted by Crippen LogP contribution is -2.11. The van der Waals surface area contributed by atoms with Gasteiger partial charge in [0.2, 0.25) is 0 Å². The maximum Gasteiger partial charge on any atom is 0.257 e. The second-order valence-corrected chi connectivity index (χ2v) is 7.26. The van der Waals surface area contributed by atoms with Crippen molar-refractivity contribution in [3.05, 3.63) is 42.0 Å². The summed E-state index contributed by atoms with van der Waals surface area (Å²) < 4.78 is 17.2. The van der Waals surface area contributed by atoms with Gasteiger partial charge in [0.05, 0.1) is 31.0 Å². The van der Waals surface area contributed by atoms with Gasteiger partial charge in [-0.05, 0) is 30.7 Å². The lowest BCUT2D eigenvalue weighted by atomic mass is 10.2. The van der Waals surface area contributed by atoms with Crippen molar-refractivity contribution >= 4 is 32.6 Å². The molecule has 0 aliphatic heterocycles. The van der Waals surface area contributed by atoms with Crippen LogP contribution in [0.3, 0.4) is 0 Å². The number of carbonyl (C=O) groups is 1. The van der Waals surface area contributed by atoms with E-state index in [2.05, 4.69) is 17.2 Å². The van der Waals surface area contributed by atoms with Crippen molar-refractivity contribution in [1.29, 1.82) is 0 Å². The van der Waals surface area contributed by atoms with Crippen LogP contribution in [0.4, 0.5) is 5.13 Å². The van der Waals surface area contributed by atoms with Gasteiger partial charge in [-0.15, -0.1) is 0 Å². The first-order valence-electron chi connectivity index (χ1n) is 9.21. The lowest BCUT2D eigenvalue weighted by Gasteiger charge is -2.06. The molecule has 0 aliphatic rings. The fourth-order valence-corrected chi connectivity index (χ4v) is 3.59. The highest BCUT2D eigenvalue weighted by Gasteiger charge is 2.13. The number of rotatable bonds is 9. The summed E-state index contributed by atoms with van der Waals surface area (Å²) >= 11 is 1.38. The quantitative estimate of drug-likeness (QED) is 0.504. The van der Waals surface area contributed by atoms with Crippen molar-refractivity contribution in [2.45, 2.75) is 26.2 Å². The number of anilines is 1. The Labute approximate surface area is 168 Å². The van der Waals surface area contributed by atoms with E-state index in [1.807, 2.05) is 18.2 Å². The van der Waals surface area contributed by atoms with E-state index in [0.717, 1.165) is 35.2 Å². The molecule has 2 aromatic carbocycles. The maximum absolute atomic E-state index is 12.5. The first-order chi connectivity index (χ1) is 13.6. The third-order valence-corrected chi connectivity index (χ3v) is 5.18. The van der Waals surface area contributed by atoms with Gasteiger partial charge in [-0.25, -0.2) is 4.98 Å². The topological polar surface area (TPSA) is 69.7 Å². The van der Waals surface area contributed by atoms with E-state index in [1.54, 1.807) is 32.4 Å². The minimum absolute atomic E-state index is 0.212. The van der Waals surface area contributed by atoms with Gasteiger partial charge in [0.15, 0.2) is 16.6 Å². The minimum atomic E-state index is -0.212. The van der Waals surface area contributed by atoms with Crippen LogP contribution < -0.4 is 19.5 Å². The van der Waals surface area contributed by atoms with Crippen molar-refractivity contribution in [2.24, 2.45) is 0 Å². The van der Waals surface area contributed by atoms with Crippen molar-refractivity contribution in [3.8, 4) is 17.2 Å². The third kappa shape index (κ3) is 4.72. The van der Waals surface area contributed by atoms with Crippen LogP contribution in [0.2, 0.25) is 0 Å². The van der Waals surface area contributed by atoms with E-state index in [4.69, 9.17) is 14.2 Å². The van der Waals surface area contributed by atoms with Crippen molar-refractivity contribution < 1.29 is 19.0 Å². The Morgan fingerprint density at radius 1 is 1.07 bits per heavy atom. The second-order valence-electron chi connectivity index (χ2n) is 6.23. The zero-order chi connectivity index (χ0) is 19.9. The number of fused-ring (bicyclic) bond motifs is 1. The van der Waals surface area contributed by atoms with E-state index < -0.39 is 0 Å². The molecule has 3 rings (SSSR count). The molecular weight excluding hydrogens is 376 g/mol. The smallest absolute Gasteiger partial charge is 0.257 e. The summed E-state index contributed by atoms with van der Waals surface area (Å²) in [5.41, 5.74) is 1.30. The fraction of sp³-hybridized carbons (Fsp3) is 0.333. The molecule has 1 aromatic heterocycles. The van der Waals surface area contributed by atoms with Crippen LogP contribution in [-0.4, -0.2) is 31.7 Å². The summed E-state index contributed by atoms with van der Waals surface area (Å²) in [4.78, 5) is 17.0. The first-order valence-corrected chi connectivity index (χ1v) is 10.0. The summed E-state index contributed by atoms with van der Waals surface area (Å²) in [5, 5.41) is 3.37. The SMILES string of the molecule is CCCCCOc1ccc(C(=O)Nc2nc3cc(OC)c(OC)cc3s2)cc1. The third-order valence-electron chi connectivity index (χ3n) is 4.25. The van der Waals surface area contributed by atoms with Crippen LogP contribution in [0, 0.1) is 0 Å². The highest BCUT2D eigenvalue weighted by Crippen LogP contribution is 2.36. The second kappa shape index (κ2) is 9.41. The van der Waals surface area contributed by atoms with Gasteiger partial charge in [0, 0.05) is 17.7 Å². The molecule has 7 heteroatoms. The average Bonchev–Trinajstić information content (AvgIpc) is 3.11. The number of benzene rings is 2. The van der Waals surface area contributed by atoms with E-state index in [1.165, 1.54) is 11.3 Å². The number of nitrogens with one attached hydrogen (secondary N) is 1. The van der Waals surface area contributed by atoms with Crippen LogP contribution in [0.5, 0.6) is 17.2 Å². The minimum Gasteiger partial charge on any atom is -0.494 e. The first kappa shape index (κ1) is 19.9. The molecule has 0 radical (unpaired) electrons. The standard InChI is InChI=1S/C21H24N2O4S/c1-4-5-6-11-27-15-9-7-14(8-10-15)20(24)23-21-22-16-12-17(25-2)18(26-3)13-19(16)28-21/h7-10,12-13H,4-6,11H2,1-3H3,(H,22,23,24). The number of aromatic nitrogens is 1. The maximum atomic E-state index is 12.5. The highest BCUT2D eigenvalue weighted by atomic mass is 32.1. The number of hydrogen-bond donors (Lipinski definition) is 1. The van der Waals surface area contributed by atoms with Crippen LogP contribution in [0.15, 0.2) is 36.4 Å². The van der Waals surface area contributed by atoms with Gasteiger partial charge >= 0.3 is 0 Å². The molecule has 0 saturated heterocycles. The largest absolute Gasteiger partial charge is 0.494 e. The number of ether oxygens (including phenoxy) is 3. The van der Waals surface area contributed by atoms with E-state index in [0.29, 0.717) is 28.8 Å². The molecule has 6 nitrogen and oxygen atoms in total. The molecule has 1 N–H and O–H groups in total. The molecular formula is C21H24N2O4S. The number of unbranched alkanes of at least 4 members (excludes halogenated alkanes) is 2. The zero-order valence-corrected chi connectivity index (χ0v) is 17.1. The molecule has 0 saturated carbocycles. The van der Waals surface area contributed by atoms with Crippen molar-refractivity contribution in [3.63, 3.8) is 0 Å². The van der Waals surface area contributed by atoms with Crippen molar-refractivity contribution in [1.82, 2.24) is 4.98 Å². The summed E-state index contributed by atoms with van der Waals surface area (Å²) in [6.45, 7) is 2.85. The van der Waals surface area contributed by atoms with Gasteiger partial charge in [0.25, 0.3) is 5.91 Å². The highest BCUT2D eigenvalue weighted by molar-refractivity contribution is 7.22. The Bertz CT molecular complexity index is 896. The summed E-state index contributed by atoms with van der Waals surface area (Å²) in [6.07, 6.45) is 3.35. The molecule has 0 fully saturated rings. The zero-order valence-electron chi connectivity index (χ0n) is 16.3. The molecule has 0 aliphatic carbocycles. The molecule has 1 amide bonds. The lowest BCUT2D eigenvalue weighted by molar-refractivity contribution is 0.102. The Balaban J connectivity index is 1.67. The van der Waals surface area contributed by atoms with E-state index in [9.17, 15) is 4.79 Å². The number of amides is 1. The molecule has 0 unspecified atom stereocenters. The average molecular weight is 401 g/mol. The van der Waals surface area contributed by atoms with Gasteiger partial charge in [-0.2, -0.15) is 0 Å². The van der Waals surface area contributed by atoms with Crippen LogP contribution in [0.1, 0.15) is 36.5 Å². The monoisotopic (exact) mass is 400 g/mol. The Morgan fingerprint density at radius 2 is 1.79 bits per heavy atom. The Morgan fingerprint density at radius 3 is 2.46 bits per heavy atom. The number of nitrogens with zero attached hydrogens (tertiary/aromatic N) is 1.